The second-order valence-electron chi connectivity index (χ2n) is 6.05. The Morgan fingerprint density at radius 1 is 1.24 bits per heavy atom. The summed E-state index contributed by atoms with van der Waals surface area (Å²) in [6.45, 7) is 2.21. The summed E-state index contributed by atoms with van der Waals surface area (Å²) in [5.41, 5.74) is 2.75. The summed E-state index contributed by atoms with van der Waals surface area (Å²) < 4.78 is 6.60. The van der Waals surface area contributed by atoms with Crippen LogP contribution in [0.3, 0.4) is 0 Å². The van der Waals surface area contributed by atoms with E-state index >= 15 is 0 Å². The Bertz CT molecular complexity index is 807. The topological polar surface area (TPSA) is 67.4 Å². The third kappa shape index (κ3) is 4.39. The van der Waals surface area contributed by atoms with E-state index in [-0.39, 0.29) is 24.3 Å². The quantitative estimate of drug-likeness (QED) is 0.825. The maximum Gasteiger partial charge on any atom is 0.243 e. The largest absolute Gasteiger partial charge is 0.492 e. The summed E-state index contributed by atoms with van der Waals surface area (Å²) in [6.07, 6.45) is 0.621. The van der Waals surface area contributed by atoms with Gasteiger partial charge in [0.15, 0.2) is 0 Å². The first kappa shape index (κ1) is 17.5. The van der Waals surface area contributed by atoms with E-state index in [4.69, 9.17) is 4.74 Å². The number of halogens is 1. The minimum Gasteiger partial charge on any atom is -0.492 e. The first-order valence-electron chi connectivity index (χ1n) is 8.07. The highest BCUT2D eigenvalue weighted by Crippen LogP contribution is 2.26. The van der Waals surface area contributed by atoms with Gasteiger partial charge in [0.1, 0.15) is 12.4 Å². The third-order valence-electron chi connectivity index (χ3n) is 4.11. The number of amides is 2. The number of hydrogen-bond donors (Lipinski definition) is 2. The Balaban J connectivity index is 1.50. The van der Waals surface area contributed by atoms with Crippen molar-refractivity contribution in [1.29, 1.82) is 0 Å². The first-order chi connectivity index (χ1) is 12.0. The van der Waals surface area contributed by atoms with Crippen molar-refractivity contribution in [1.82, 2.24) is 5.32 Å². The summed E-state index contributed by atoms with van der Waals surface area (Å²) in [5.74, 6) is 0.122. The summed E-state index contributed by atoms with van der Waals surface area (Å²) >= 11 is 3.42. The number of carbonyl (C=O) groups is 2. The van der Waals surface area contributed by atoms with Crippen molar-refractivity contribution in [2.24, 2.45) is 5.92 Å². The van der Waals surface area contributed by atoms with E-state index in [0.717, 1.165) is 21.3 Å². The summed E-state index contributed by atoms with van der Waals surface area (Å²) in [7, 11) is 0. The fraction of sp³-hybridized carbons (Fsp3) is 0.263. The number of aryl methyl sites for hydroxylation is 1. The summed E-state index contributed by atoms with van der Waals surface area (Å²) in [5, 5.41) is 5.47. The zero-order chi connectivity index (χ0) is 17.8. The van der Waals surface area contributed by atoms with E-state index in [9.17, 15) is 9.59 Å². The predicted molar refractivity (Wildman–Crippen MR) is 99.6 cm³/mol. The van der Waals surface area contributed by atoms with E-state index in [1.165, 1.54) is 0 Å². The van der Waals surface area contributed by atoms with E-state index in [0.29, 0.717) is 18.7 Å². The molecule has 0 spiro atoms. The average molecular weight is 403 g/mol. The molecule has 2 N–H and O–H groups in total. The van der Waals surface area contributed by atoms with Crippen molar-refractivity contribution < 1.29 is 14.3 Å². The van der Waals surface area contributed by atoms with Crippen LogP contribution < -0.4 is 15.4 Å². The van der Waals surface area contributed by atoms with Gasteiger partial charge in [-0.15, -0.1) is 0 Å². The molecule has 2 aromatic rings. The molecule has 130 valence electrons. The second-order valence-corrected chi connectivity index (χ2v) is 6.90. The summed E-state index contributed by atoms with van der Waals surface area (Å²) in [6, 6.07) is 13.2. The van der Waals surface area contributed by atoms with Gasteiger partial charge in [0, 0.05) is 10.2 Å². The van der Waals surface area contributed by atoms with E-state index in [1.807, 2.05) is 49.4 Å². The highest BCUT2D eigenvalue weighted by atomic mass is 79.9. The van der Waals surface area contributed by atoms with Crippen molar-refractivity contribution in [3.05, 3.63) is 58.1 Å². The number of benzene rings is 2. The molecule has 0 saturated heterocycles. The molecule has 5 nitrogen and oxygen atoms in total. The smallest absolute Gasteiger partial charge is 0.243 e. The molecule has 2 aromatic carbocycles. The lowest BCUT2D eigenvalue weighted by atomic mass is 9.96. The average Bonchev–Trinajstić information content (AvgIpc) is 2.62. The predicted octanol–water partition coefficient (Wildman–Crippen LogP) is 3.06. The van der Waals surface area contributed by atoms with Gasteiger partial charge in [0.2, 0.25) is 11.8 Å². The summed E-state index contributed by atoms with van der Waals surface area (Å²) in [4.78, 5) is 24.3. The minimum atomic E-state index is -0.280. The molecule has 0 radical (unpaired) electrons. The molecule has 1 unspecified atom stereocenters. The maximum absolute atomic E-state index is 12.3. The zero-order valence-electron chi connectivity index (χ0n) is 13.8. The highest BCUT2D eigenvalue weighted by Gasteiger charge is 2.25. The number of ether oxygens (including phenoxy) is 1. The molecule has 25 heavy (non-hydrogen) atoms. The van der Waals surface area contributed by atoms with Gasteiger partial charge in [-0.3, -0.25) is 9.59 Å². The third-order valence-corrected chi connectivity index (χ3v) is 5.00. The van der Waals surface area contributed by atoms with Gasteiger partial charge in [-0.1, -0.05) is 34.1 Å². The Labute approximate surface area is 154 Å². The van der Waals surface area contributed by atoms with Crippen LogP contribution in [0.15, 0.2) is 46.9 Å². The van der Waals surface area contributed by atoms with Gasteiger partial charge < -0.3 is 15.4 Å². The molecule has 3 rings (SSSR count). The van der Waals surface area contributed by atoms with Crippen molar-refractivity contribution in [3.8, 4) is 5.75 Å². The lowest BCUT2D eigenvalue weighted by molar-refractivity contribution is -0.128. The Morgan fingerprint density at radius 3 is 2.84 bits per heavy atom. The van der Waals surface area contributed by atoms with Crippen molar-refractivity contribution in [2.45, 2.75) is 13.3 Å². The number of para-hydroxylation sites is 1. The zero-order valence-corrected chi connectivity index (χ0v) is 15.4. The van der Waals surface area contributed by atoms with Gasteiger partial charge in [0.25, 0.3) is 0 Å². The Morgan fingerprint density at radius 2 is 2.04 bits per heavy atom. The minimum absolute atomic E-state index is 0.0634. The molecule has 1 aliphatic rings. The molecule has 1 aliphatic heterocycles. The number of anilines is 1. The van der Waals surface area contributed by atoms with E-state index in [1.54, 1.807) is 0 Å². The number of hydrogen-bond acceptors (Lipinski definition) is 3. The van der Waals surface area contributed by atoms with Crippen LogP contribution in [0.5, 0.6) is 5.75 Å². The van der Waals surface area contributed by atoms with Crippen LogP contribution in [-0.2, 0) is 16.0 Å². The fourth-order valence-electron chi connectivity index (χ4n) is 2.74. The highest BCUT2D eigenvalue weighted by molar-refractivity contribution is 9.10. The molecule has 0 bridgehead atoms. The SMILES string of the molecule is Cc1cc(NC(=O)CNC(=O)C2COc3ccccc3C2)ccc1Br. The van der Waals surface area contributed by atoms with Gasteiger partial charge >= 0.3 is 0 Å². The van der Waals surface area contributed by atoms with Crippen molar-refractivity contribution >= 4 is 33.4 Å². The van der Waals surface area contributed by atoms with Gasteiger partial charge in [-0.25, -0.2) is 0 Å². The van der Waals surface area contributed by atoms with E-state index in [2.05, 4.69) is 26.6 Å². The monoisotopic (exact) mass is 402 g/mol. The van der Waals surface area contributed by atoms with Crippen LogP contribution >= 0.6 is 15.9 Å². The molecule has 0 aliphatic carbocycles. The molecule has 0 fully saturated rings. The van der Waals surface area contributed by atoms with E-state index < -0.39 is 0 Å². The van der Waals surface area contributed by atoms with Crippen LogP contribution in [0, 0.1) is 12.8 Å². The van der Waals surface area contributed by atoms with Crippen molar-refractivity contribution in [2.75, 3.05) is 18.5 Å². The van der Waals surface area contributed by atoms with Crippen LogP contribution in [0.1, 0.15) is 11.1 Å². The number of nitrogens with one attached hydrogen (secondary N) is 2. The number of carbonyl (C=O) groups excluding carboxylic acids is 2. The fourth-order valence-corrected chi connectivity index (χ4v) is 2.98. The number of fused-ring (bicyclic) bond motifs is 1. The molecule has 2 amide bonds. The molecule has 0 saturated carbocycles. The second kappa shape index (κ2) is 7.70. The maximum atomic E-state index is 12.3. The van der Waals surface area contributed by atoms with Crippen LogP contribution in [0.2, 0.25) is 0 Å². The molecule has 1 heterocycles. The molecule has 0 aromatic heterocycles. The molecular weight excluding hydrogens is 384 g/mol. The Hall–Kier alpha value is -2.34. The van der Waals surface area contributed by atoms with Crippen molar-refractivity contribution in [3.63, 3.8) is 0 Å². The van der Waals surface area contributed by atoms with Crippen LogP contribution in [0.4, 0.5) is 5.69 Å². The van der Waals surface area contributed by atoms with Crippen LogP contribution in [-0.4, -0.2) is 25.0 Å². The first-order valence-corrected chi connectivity index (χ1v) is 8.86. The lowest BCUT2D eigenvalue weighted by Gasteiger charge is -2.24. The van der Waals surface area contributed by atoms with Crippen LogP contribution in [0.25, 0.3) is 0 Å². The van der Waals surface area contributed by atoms with Gasteiger partial charge in [-0.05, 0) is 48.7 Å². The Kier molecular flexibility index (Phi) is 5.38. The van der Waals surface area contributed by atoms with Gasteiger partial charge in [0.05, 0.1) is 12.5 Å². The molecular formula is C19H19BrN2O3. The number of rotatable bonds is 4. The molecule has 1 atom stereocenters. The lowest BCUT2D eigenvalue weighted by Crippen LogP contribution is -2.40. The van der Waals surface area contributed by atoms with Gasteiger partial charge in [-0.2, -0.15) is 0 Å². The normalized spacial score (nSPS) is 15.7. The molecule has 6 heteroatoms. The standard InChI is InChI=1S/C19H19BrN2O3/c1-12-8-15(6-7-16(12)20)22-18(23)10-21-19(24)14-9-13-4-2-3-5-17(13)25-11-14/h2-8,14H,9-11H2,1H3,(H,21,24)(H,22,23).